The van der Waals surface area contributed by atoms with Gasteiger partial charge in [0.05, 0.1) is 12.1 Å². The number of nitrogens with zero attached hydrogens (tertiary/aromatic N) is 1. The van der Waals surface area contributed by atoms with Crippen LogP contribution in [0.25, 0.3) is 10.9 Å². The fraction of sp³-hybridized carbons (Fsp3) is 0.308. The Hall–Kier alpha value is -1.69. The van der Waals surface area contributed by atoms with Crippen LogP contribution in [-0.4, -0.2) is 45.6 Å². The van der Waals surface area contributed by atoms with Gasteiger partial charge in [-0.2, -0.15) is 0 Å². The van der Waals surface area contributed by atoms with E-state index < -0.39 is 24.9 Å². The maximum atomic E-state index is 12.2. The van der Waals surface area contributed by atoms with Crippen LogP contribution in [0.5, 0.6) is 0 Å². The smallest absolute Gasteiger partial charge is 0.263 e. The van der Waals surface area contributed by atoms with Crippen molar-refractivity contribution in [3.8, 4) is 0 Å². The van der Waals surface area contributed by atoms with Gasteiger partial charge in [-0.15, -0.1) is 0 Å². The van der Waals surface area contributed by atoms with Gasteiger partial charge in [-0.25, -0.2) is 0 Å². The van der Waals surface area contributed by atoms with E-state index in [2.05, 4.69) is 0 Å². The van der Waals surface area contributed by atoms with E-state index in [0.29, 0.717) is 0 Å². The average Bonchev–Trinajstić information content (AvgIpc) is 3.09. The van der Waals surface area contributed by atoms with Crippen molar-refractivity contribution in [2.24, 2.45) is 0 Å². The van der Waals surface area contributed by atoms with Gasteiger partial charge >= 0.3 is 0 Å². The molecule has 0 radical (unpaired) electrons. The highest BCUT2D eigenvalue weighted by molar-refractivity contribution is 5.95. The van der Waals surface area contributed by atoms with Gasteiger partial charge in [-0.05, 0) is 12.1 Å². The van der Waals surface area contributed by atoms with Gasteiger partial charge in [-0.1, -0.05) is 18.2 Å². The standard InChI is InChI=1S/C13H13NO4/c15-7-10(16)11-12(18-11)13(17)14-6-5-8-3-1-2-4-9(8)14/h1-6,10-12,15-16H,7H2/t10-,11-,12+/m1/s1. The molecule has 3 atom stereocenters. The summed E-state index contributed by atoms with van der Waals surface area (Å²) in [5.41, 5.74) is 0.815. The van der Waals surface area contributed by atoms with Crippen LogP contribution in [0, 0.1) is 0 Å². The molecular weight excluding hydrogens is 234 g/mol. The molecule has 1 saturated heterocycles. The average molecular weight is 247 g/mol. The molecule has 0 aliphatic carbocycles. The number of aromatic nitrogens is 1. The van der Waals surface area contributed by atoms with Gasteiger partial charge in [0.1, 0.15) is 12.2 Å². The second-order valence-corrected chi connectivity index (χ2v) is 4.35. The number of epoxide rings is 1. The van der Waals surface area contributed by atoms with Crippen molar-refractivity contribution in [3.63, 3.8) is 0 Å². The van der Waals surface area contributed by atoms with Gasteiger partial charge in [0, 0.05) is 11.6 Å². The number of rotatable bonds is 3. The third kappa shape index (κ3) is 1.73. The molecule has 0 amide bonds. The van der Waals surface area contributed by atoms with Crippen molar-refractivity contribution >= 4 is 16.8 Å². The SMILES string of the molecule is O=C([C@H]1O[C@@H]1[C@H](O)CO)n1ccc2ccccc21. The van der Waals surface area contributed by atoms with Gasteiger partial charge < -0.3 is 14.9 Å². The van der Waals surface area contributed by atoms with Crippen LogP contribution in [0.1, 0.15) is 4.79 Å². The lowest BCUT2D eigenvalue weighted by molar-refractivity contribution is 0.0706. The fourth-order valence-corrected chi connectivity index (χ4v) is 2.13. The maximum absolute atomic E-state index is 12.2. The number of benzene rings is 1. The van der Waals surface area contributed by atoms with Gasteiger partial charge in [0.15, 0.2) is 6.10 Å². The Morgan fingerprint density at radius 3 is 2.94 bits per heavy atom. The zero-order chi connectivity index (χ0) is 12.7. The minimum atomic E-state index is -0.999. The molecule has 0 spiro atoms. The Morgan fingerprint density at radius 2 is 2.17 bits per heavy atom. The summed E-state index contributed by atoms with van der Waals surface area (Å²) in [6.07, 6.45) is -0.566. The Morgan fingerprint density at radius 1 is 1.39 bits per heavy atom. The quantitative estimate of drug-likeness (QED) is 0.770. The van der Waals surface area contributed by atoms with Crippen LogP contribution in [-0.2, 0) is 4.74 Å². The number of fused-ring (bicyclic) bond motifs is 1. The molecule has 3 rings (SSSR count). The molecule has 1 aliphatic heterocycles. The first-order valence-electron chi connectivity index (χ1n) is 5.77. The third-order valence-electron chi connectivity index (χ3n) is 3.17. The summed E-state index contributed by atoms with van der Waals surface area (Å²) in [6.45, 7) is -0.402. The van der Waals surface area contributed by atoms with E-state index in [1.807, 2.05) is 30.3 Å². The minimum Gasteiger partial charge on any atom is -0.394 e. The van der Waals surface area contributed by atoms with E-state index in [1.165, 1.54) is 4.57 Å². The van der Waals surface area contributed by atoms with Crippen LogP contribution in [0.3, 0.4) is 0 Å². The lowest BCUT2D eigenvalue weighted by atomic mass is 10.2. The summed E-state index contributed by atoms with van der Waals surface area (Å²) < 4.78 is 6.64. The lowest BCUT2D eigenvalue weighted by Gasteiger charge is -2.03. The molecule has 5 heteroatoms. The number of ether oxygens (including phenoxy) is 1. The molecule has 5 nitrogen and oxygen atoms in total. The van der Waals surface area contributed by atoms with Crippen LogP contribution < -0.4 is 0 Å². The monoisotopic (exact) mass is 247 g/mol. The zero-order valence-electron chi connectivity index (χ0n) is 9.56. The Kier molecular flexibility index (Phi) is 2.66. The molecule has 2 heterocycles. The fourth-order valence-electron chi connectivity index (χ4n) is 2.13. The second-order valence-electron chi connectivity index (χ2n) is 4.35. The number of hydrogen-bond donors (Lipinski definition) is 2. The van der Waals surface area contributed by atoms with Crippen LogP contribution in [0.2, 0.25) is 0 Å². The van der Waals surface area contributed by atoms with Gasteiger partial charge in [0.2, 0.25) is 0 Å². The molecule has 2 aromatic rings. The van der Waals surface area contributed by atoms with Crippen molar-refractivity contribution in [2.75, 3.05) is 6.61 Å². The van der Waals surface area contributed by atoms with Crippen molar-refractivity contribution < 1.29 is 19.7 Å². The molecule has 0 bridgehead atoms. The first-order valence-corrected chi connectivity index (χ1v) is 5.77. The number of carbonyl (C=O) groups is 1. The second kappa shape index (κ2) is 4.20. The van der Waals surface area contributed by atoms with E-state index in [4.69, 9.17) is 9.84 Å². The number of para-hydroxylation sites is 1. The molecule has 1 fully saturated rings. The lowest BCUT2D eigenvalue weighted by Crippen LogP contribution is -2.26. The number of hydrogen-bond acceptors (Lipinski definition) is 4. The van der Waals surface area contributed by atoms with E-state index in [0.717, 1.165) is 10.9 Å². The summed E-state index contributed by atoms with van der Waals surface area (Å²) in [6, 6.07) is 9.40. The number of carbonyl (C=O) groups excluding carboxylic acids is 1. The number of aliphatic hydroxyl groups excluding tert-OH is 2. The van der Waals surface area contributed by atoms with Crippen molar-refractivity contribution in [2.45, 2.75) is 18.3 Å². The summed E-state index contributed by atoms with van der Waals surface area (Å²) in [5, 5.41) is 19.2. The van der Waals surface area contributed by atoms with Crippen LogP contribution in [0.15, 0.2) is 36.5 Å². The van der Waals surface area contributed by atoms with Crippen molar-refractivity contribution in [1.82, 2.24) is 4.57 Å². The highest BCUT2D eigenvalue weighted by atomic mass is 16.6. The topological polar surface area (TPSA) is 75.0 Å². The molecule has 1 aromatic heterocycles. The summed E-state index contributed by atoms with van der Waals surface area (Å²) in [5.74, 6) is -0.214. The largest absolute Gasteiger partial charge is 0.394 e. The first kappa shape index (κ1) is 11.4. The molecule has 1 aliphatic rings. The third-order valence-corrected chi connectivity index (χ3v) is 3.17. The Bertz CT molecular complexity index is 591. The summed E-state index contributed by atoms with van der Waals surface area (Å²) >= 11 is 0. The predicted molar refractivity (Wildman–Crippen MR) is 64.3 cm³/mol. The van der Waals surface area contributed by atoms with E-state index in [9.17, 15) is 9.90 Å². The predicted octanol–water partition coefficient (Wildman–Crippen LogP) is 0.402. The highest BCUT2D eigenvalue weighted by Gasteiger charge is 2.50. The number of aliphatic hydroxyl groups is 2. The van der Waals surface area contributed by atoms with Crippen molar-refractivity contribution in [1.29, 1.82) is 0 Å². The molecule has 18 heavy (non-hydrogen) atoms. The van der Waals surface area contributed by atoms with Crippen LogP contribution in [0.4, 0.5) is 0 Å². The zero-order valence-corrected chi connectivity index (χ0v) is 9.56. The normalized spacial score (nSPS) is 24.1. The van der Waals surface area contributed by atoms with E-state index >= 15 is 0 Å². The Labute approximate surface area is 103 Å². The first-order chi connectivity index (χ1) is 8.72. The molecule has 0 unspecified atom stereocenters. The maximum Gasteiger partial charge on any atom is 0.263 e. The highest BCUT2D eigenvalue weighted by Crippen LogP contribution is 2.28. The summed E-state index contributed by atoms with van der Waals surface area (Å²) in [7, 11) is 0. The minimum absolute atomic E-state index is 0.214. The van der Waals surface area contributed by atoms with Gasteiger partial charge in [0.25, 0.3) is 5.91 Å². The molecular formula is C13H13NO4. The molecule has 2 N–H and O–H groups in total. The summed E-state index contributed by atoms with van der Waals surface area (Å²) in [4.78, 5) is 12.2. The van der Waals surface area contributed by atoms with Gasteiger partial charge in [-0.3, -0.25) is 9.36 Å². The molecule has 94 valence electrons. The molecule has 1 aromatic carbocycles. The molecule has 0 saturated carbocycles. The van der Waals surface area contributed by atoms with E-state index in [-0.39, 0.29) is 5.91 Å². The van der Waals surface area contributed by atoms with Crippen molar-refractivity contribution in [3.05, 3.63) is 36.5 Å². The van der Waals surface area contributed by atoms with E-state index in [1.54, 1.807) is 6.20 Å². The van der Waals surface area contributed by atoms with Crippen LogP contribution >= 0.6 is 0 Å². The Balaban J connectivity index is 1.86.